The Morgan fingerprint density at radius 1 is 1.12 bits per heavy atom. The van der Waals surface area contributed by atoms with Gasteiger partial charge in [-0.05, 0) is 48.5 Å². The lowest BCUT2D eigenvalue weighted by molar-refractivity contribution is 0.0997. The number of hydrogen-bond acceptors (Lipinski definition) is 9. The van der Waals surface area contributed by atoms with Gasteiger partial charge in [-0.3, -0.25) is 15.2 Å². The van der Waals surface area contributed by atoms with Gasteiger partial charge in [-0.2, -0.15) is 4.39 Å². The molecule has 0 saturated heterocycles. The minimum Gasteiger partial charge on any atom is -0.504 e. The Hall–Kier alpha value is -4.88. The number of nitrogens with one attached hydrogen (secondary N) is 1. The van der Waals surface area contributed by atoms with Crippen LogP contribution in [-0.4, -0.2) is 52.7 Å². The molecule has 0 aliphatic carbocycles. The third-order valence-electron chi connectivity index (χ3n) is 6.29. The minimum atomic E-state index is -1.27. The Kier molecular flexibility index (Phi) is 8.37. The van der Waals surface area contributed by atoms with Crippen molar-refractivity contribution in [2.24, 2.45) is 16.5 Å². The van der Waals surface area contributed by atoms with Crippen LogP contribution in [0.5, 0.6) is 28.9 Å². The van der Waals surface area contributed by atoms with Crippen molar-refractivity contribution in [3.05, 3.63) is 94.1 Å². The summed E-state index contributed by atoms with van der Waals surface area (Å²) in [5, 5.41) is 17.9. The number of hydrogen-bond donors (Lipinski definition) is 4. The van der Waals surface area contributed by atoms with Gasteiger partial charge in [0.2, 0.25) is 11.6 Å². The van der Waals surface area contributed by atoms with Gasteiger partial charge in [0, 0.05) is 28.9 Å². The molecule has 1 aliphatic heterocycles. The summed E-state index contributed by atoms with van der Waals surface area (Å²) in [6, 6.07) is 13.6. The van der Waals surface area contributed by atoms with E-state index in [9.17, 15) is 14.3 Å². The number of aromatic hydroxyl groups is 1. The molecule has 220 valence electrons. The number of carbonyl (C=O) groups is 1. The highest BCUT2D eigenvalue weighted by atomic mass is 35.5. The maximum atomic E-state index is 15.6. The van der Waals surface area contributed by atoms with E-state index in [4.69, 9.17) is 38.0 Å². The van der Waals surface area contributed by atoms with E-state index in [-0.39, 0.29) is 39.2 Å². The molecule has 0 saturated carbocycles. The van der Waals surface area contributed by atoms with Crippen molar-refractivity contribution >= 4 is 40.9 Å². The Morgan fingerprint density at radius 2 is 1.91 bits per heavy atom. The molecule has 6 N–H and O–H groups in total. The Bertz CT molecular complexity index is 1810. The van der Waals surface area contributed by atoms with Crippen LogP contribution >= 0.6 is 23.4 Å². The molecule has 4 aromatic rings. The number of phenols is 1. The average molecular weight is 625 g/mol. The van der Waals surface area contributed by atoms with Crippen molar-refractivity contribution in [1.82, 2.24) is 9.88 Å². The molecule has 1 amide bonds. The molecule has 14 heteroatoms. The van der Waals surface area contributed by atoms with E-state index in [1.54, 1.807) is 30.3 Å². The van der Waals surface area contributed by atoms with Crippen LogP contribution < -0.4 is 20.9 Å². The van der Waals surface area contributed by atoms with E-state index in [1.165, 1.54) is 36.0 Å². The molecule has 43 heavy (non-hydrogen) atoms. The van der Waals surface area contributed by atoms with Crippen LogP contribution in [0.15, 0.2) is 75.6 Å². The number of amidine groups is 2. The summed E-state index contributed by atoms with van der Waals surface area (Å²) in [7, 11) is 1.82. The summed E-state index contributed by atoms with van der Waals surface area (Å²) in [5.74, 6) is -4.89. The molecule has 0 atom stereocenters. The van der Waals surface area contributed by atoms with E-state index in [0.717, 1.165) is 0 Å². The maximum absolute atomic E-state index is 15.6. The van der Waals surface area contributed by atoms with Crippen LogP contribution in [-0.2, 0) is 0 Å². The lowest BCUT2D eigenvalue weighted by atomic mass is 10.1. The predicted octanol–water partition coefficient (Wildman–Crippen LogP) is 5.53. The fraction of sp³-hybridized carbons (Fsp3) is 0.103. The highest BCUT2D eigenvalue weighted by molar-refractivity contribution is 7.99. The number of carbonyl (C=O) groups excluding carboxylic acids is 1. The number of benzene rings is 3. The number of nitrogen functional groups attached to an aromatic ring is 1. The van der Waals surface area contributed by atoms with Crippen molar-refractivity contribution in [1.29, 1.82) is 5.41 Å². The van der Waals surface area contributed by atoms with Gasteiger partial charge >= 0.3 is 0 Å². The number of halogens is 3. The number of likely N-dealkylation sites (N-methyl/N-ethyl adjacent to an activating group) is 1. The zero-order valence-electron chi connectivity index (χ0n) is 22.4. The first-order chi connectivity index (χ1) is 20.5. The summed E-state index contributed by atoms with van der Waals surface area (Å²) in [5.41, 5.74) is 11.8. The molecule has 5 rings (SSSR count). The molecule has 0 fully saturated rings. The maximum Gasteiger partial charge on any atom is 0.260 e. The molecule has 0 radical (unpaired) electrons. The van der Waals surface area contributed by atoms with Crippen molar-refractivity contribution in [3.8, 4) is 28.9 Å². The van der Waals surface area contributed by atoms with Gasteiger partial charge in [-0.25, -0.2) is 9.37 Å². The molecule has 2 heterocycles. The van der Waals surface area contributed by atoms with Crippen LogP contribution in [0.25, 0.3) is 0 Å². The Balaban J connectivity index is 1.52. The van der Waals surface area contributed by atoms with E-state index in [2.05, 4.69) is 9.98 Å². The molecule has 0 bridgehead atoms. The summed E-state index contributed by atoms with van der Waals surface area (Å²) in [4.78, 5) is 23.3. The number of ether oxygens (including phenoxy) is 2. The fourth-order valence-electron chi connectivity index (χ4n) is 4.19. The second-order valence-electron chi connectivity index (χ2n) is 9.22. The molecule has 3 aromatic carbocycles. The van der Waals surface area contributed by atoms with Crippen molar-refractivity contribution in [3.63, 3.8) is 0 Å². The number of amides is 1. The van der Waals surface area contributed by atoms with Gasteiger partial charge in [0.05, 0.1) is 28.9 Å². The number of rotatable bonds is 9. The van der Waals surface area contributed by atoms with Crippen LogP contribution in [0.2, 0.25) is 5.02 Å². The molecule has 1 aliphatic rings. The topological polar surface area (TPSA) is 160 Å². The molecule has 0 spiro atoms. The first kappa shape index (κ1) is 29.6. The van der Waals surface area contributed by atoms with Gasteiger partial charge < -0.3 is 30.9 Å². The van der Waals surface area contributed by atoms with Crippen LogP contribution in [0.4, 0.5) is 8.78 Å². The minimum absolute atomic E-state index is 0.0782. The van der Waals surface area contributed by atoms with E-state index in [0.29, 0.717) is 40.5 Å². The summed E-state index contributed by atoms with van der Waals surface area (Å²) >= 11 is 7.43. The average Bonchev–Trinajstić information content (AvgIpc) is 3.39. The molecule has 10 nitrogen and oxygen atoms in total. The molecular formula is C29H23ClF2N6O4S. The molecule has 1 aromatic heterocycles. The van der Waals surface area contributed by atoms with Gasteiger partial charge in [-0.15, -0.1) is 0 Å². The highest BCUT2D eigenvalue weighted by Gasteiger charge is 2.25. The molecule has 0 unspecified atom stereocenters. The second kappa shape index (κ2) is 12.2. The first-order valence-electron chi connectivity index (χ1n) is 12.6. The van der Waals surface area contributed by atoms with Gasteiger partial charge in [0.1, 0.15) is 17.4 Å². The second-order valence-corrected chi connectivity index (χ2v) is 10.7. The standard InChI is InChI=1S/C29H23ClF2N6O4S/c1-38-10-9-36-28(38)16-12-15(43-22-4-2-3-17(30)23(22)27(35)40)6-8-20(16)41-25-18(31)13-37-29(24(25)32)42-21-11-14(26(33)34)5-7-19(21)39/h2-8,11-13,39H,9-10H2,1H3,(H3,33,34)(H2,35,40). The summed E-state index contributed by atoms with van der Waals surface area (Å²) in [6.07, 6.45) is 0.716. The SMILES string of the molecule is CN1CCN=C1c1cc(Sc2cccc(Cl)c2C(N)=O)ccc1Oc1c(F)cnc(Oc2cc(C(=N)N)ccc2O)c1F. The predicted molar refractivity (Wildman–Crippen MR) is 158 cm³/mol. The van der Waals surface area contributed by atoms with Crippen molar-refractivity contribution < 1.29 is 28.2 Å². The number of phenolic OH excluding ortho intramolecular Hbond substituents is 1. The number of aromatic nitrogens is 1. The summed E-state index contributed by atoms with van der Waals surface area (Å²) < 4.78 is 41.7. The number of nitrogens with zero attached hydrogens (tertiary/aromatic N) is 3. The third kappa shape index (κ3) is 6.17. The number of nitrogens with two attached hydrogens (primary N) is 2. The zero-order chi connectivity index (χ0) is 30.8. The van der Waals surface area contributed by atoms with E-state index >= 15 is 4.39 Å². The van der Waals surface area contributed by atoms with Crippen molar-refractivity contribution in [2.75, 3.05) is 20.1 Å². The van der Waals surface area contributed by atoms with Crippen molar-refractivity contribution in [2.45, 2.75) is 9.79 Å². The third-order valence-corrected chi connectivity index (χ3v) is 7.65. The van der Waals surface area contributed by atoms with Gasteiger partial charge in [-0.1, -0.05) is 29.4 Å². The number of pyridine rings is 1. The quantitative estimate of drug-likeness (QED) is 0.140. The van der Waals surface area contributed by atoms with Crippen LogP contribution in [0.3, 0.4) is 0 Å². The lowest BCUT2D eigenvalue weighted by Gasteiger charge is -2.19. The van der Waals surface area contributed by atoms with Gasteiger partial charge in [0.25, 0.3) is 11.8 Å². The van der Waals surface area contributed by atoms with Crippen LogP contribution in [0, 0.1) is 17.0 Å². The number of aliphatic imine (C=N–C) groups is 1. The normalized spacial score (nSPS) is 12.7. The van der Waals surface area contributed by atoms with E-state index in [1.807, 2.05) is 11.9 Å². The van der Waals surface area contributed by atoms with Crippen LogP contribution in [0.1, 0.15) is 21.5 Å². The zero-order valence-corrected chi connectivity index (χ0v) is 24.0. The number of primary amides is 1. The fourth-order valence-corrected chi connectivity index (χ4v) is 5.54. The monoisotopic (exact) mass is 624 g/mol. The largest absolute Gasteiger partial charge is 0.504 e. The lowest BCUT2D eigenvalue weighted by Crippen LogP contribution is -2.24. The molecular weight excluding hydrogens is 602 g/mol. The van der Waals surface area contributed by atoms with Gasteiger partial charge in [0.15, 0.2) is 17.3 Å². The Morgan fingerprint density at radius 3 is 2.60 bits per heavy atom. The summed E-state index contributed by atoms with van der Waals surface area (Å²) in [6.45, 7) is 1.12. The smallest absolute Gasteiger partial charge is 0.260 e. The Labute approximate surface area is 253 Å². The highest BCUT2D eigenvalue weighted by Crippen LogP contribution is 2.40. The first-order valence-corrected chi connectivity index (χ1v) is 13.8. The van der Waals surface area contributed by atoms with E-state index < -0.39 is 29.2 Å².